The highest BCUT2D eigenvalue weighted by atomic mass is 35.5. The van der Waals surface area contributed by atoms with Crippen molar-refractivity contribution >= 4 is 17.6 Å². The van der Waals surface area contributed by atoms with E-state index in [0.29, 0.717) is 30.3 Å². The van der Waals surface area contributed by atoms with Crippen molar-refractivity contribution in [2.75, 3.05) is 13.1 Å². The fourth-order valence-electron chi connectivity index (χ4n) is 1.49. The molecule has 1 aromatic carbocycles. The lowest BCUT2D eigenvalue weighted by Crippen LogP contribution is -2.41. The zero-order valence-electron chi connectivity index (χ0n) is 11.7. The lowest BCUT2D eigenvalue weighted by Gasteiger charge is -2.16. The largest absolute Gasteiger partial charge is 0.487 e. The average molecular weight is 301 g/mol. The number of carbonyl (C=O) groups is 1. The average Bonchev–Trinajstić information content (AvgIpc) is 2.39. The van der Waals surface area contributed by atoms with Crippen molar-refractivity contribution in [1.29, 1.82) is 0 Å². The number of hydrogen-bond acceptors (Lipinski definition) is 3. The Balaban J connectivity index is 2.24. The Morgan fingerprint density at radius 2 is 2.05 bits per heavy atom. The van der Waals surface area contributed by atoms with Gasteiger partial charge in [0.1, 0.15) is 11.9 Å². The number of aliphatic hydroxyl groups excluding tert-OH is 1. The summed E-state index contributed by atoms with van der Waals surface area (Å²) in [6, 6.07) is 6.92. The molecule has 0 aliphatic heterocycles. The van der Waals surface area contributed by atoms with Crippen LogP contribution in [0.5, 0.6) is 5.75 Å². The summed E-state index contributed by atoms with van der Waals surface area (Å²) in [4.78, 5) is 11.5. The molecule has 0 heterocycles. The fourth-order valence-corrected chi connectivity index (χ4v) is 1.67. The maximum atomic E-state index is 11.5. The van der Waals surface area contributed by atoms with Crippen LogP contribution in [0.2, 0.25) is 5.02 Å². The Hall–Kier alpha value is -1.46. The van der Waals surface area contributed by atoms with Crippen LogP contribution in [0.1, 0.15) is 20.3 Å². The molecular formula is C14H21ClN2O3. The van der Waals surface area contributed by atoms with Crippen LogP contribution in [0.4, 0.5) is 4.79 Å². The monoisotopic (exact) mass is 300 g/mol. The van der Waals surface area contributed by atoms with Crippen LogP contribution in [0.25, 0.3) is 0 Å². The summed E-state index contributed by atoms with van der Waals surface area (Å²) in [6.45, 7) is 4.33. The smallest absolute Gasteiger partial charge is 0.314 e. The van der Waals surface area contributed by atoms with E-state index in [1.54, 1.807) is 19.1 Å². The molecule has 6 heteroatoms. The number of aliphatic hydroxyl groups is 1. The minimum absolute atomic E-state index is 0.197. The first-order valence-electron chi connectivity index (χ1n) is 6.60. The zero-order chi connectivity index (χ0) is 15.0. The molecule has 0 saturated carbocycles. The van der Waals surface area contributed by atoms with Crippen molar-refractivity contribution in [1.82, 2.24) is 10.6 Å². The van der Waals surface area contributed by atoms with E-state index in [4.69, 9.17) is 21.4 Å². The van der Waals surface area contributed by atoms with Crippen LogP contribution in [0.3, 0.4) is 0 Å². The van der Waals surface area contributed by atoms with Gasteiger partial charge in [0, 0.05) is 6.54 Å². The molecule has 0 saturated heterocycles. The van der Waals surface area contributed by atoms with Crippen molar-refractivity contribution in [2.45, 2.75) is 32.5 Å². The Kier molecular flexibility index (Phi) is 7.18. The summed E-state index contributed by atoms with van der Waals surface area (Å²) < 4.78 is 5.62. The highest BCUT2D eigenvalue weighted by Crippen LogP contribution is 2.23. The molecule has 0 aliphatic carbocycles. The van der Waals surface area contributed by atoms with Gasteiger partial charge in [-0.3, -0.25) is 0 Å². The number of benzene rings is 1. The molecule has 0 radical (unpaired) electrons. The van der Waals surface area contributed by atoms with Gasteiger partial charge < -0.3 is 20.5 Å². The normalized spacial score (nSPS) is 13.4. The van der Waals surface area contributed by atoms with Gasteiger partial charge >= 0.3 is 6.03 Å². The van der Waals surface area contributed by atoms with E-state index < -0.39 is 6.10 Å². The van der Waals surface area contributed by atoms with Crippen LogP contribution in [-0.4, -0.2) is 36.4 Å². The van der Waals surface area contributed by atoms with Gasteiger partial charge in [0.2, 0.25) is 0 Å². The summed E-state index contributed by atoms with van der Waals surface area (Å²) in [5.41, 5.74) is 0. The van der Waals surface area contributed by atoms with E-state index in [9.17, 15) is 4.79 Å². The van der Waals surface area contributed by atoms with E-state index in [0.717, 1.165) is 0 Å². The third-order valence-corrected chi connectivity index (χ3v) is 2.87. The van der Waals surface area contributed by atoms with Crippen LogP contribution >= 0.6 is 11.6 Å². The quantitative estimate of drug-likeness (QED) is 0.723. The highest BCUT2D eigenvalue weighted by molar-refractivity contribution is 6.32. The van der Waals surface area contributed by atoms with Crippen molar-refractivity contribution < 1.29 is 14.6 Å². The second kappa shape index (κ2) is 8.66. The van der Waals surface area contributed by atoms with Gasteiger partial charge in [0.25, 0.3) is 0 Å². The molecule has 3 N–H and O–H groups in total. The van der Waals surface area contributed by atoms with Gasteiger partial charge in [-0.15, -0.1) is 0 Å². The van der Waals surface area contributed by atoms with Crippen molar-refractivity contribution in [2.24, 2.45) is 0 Å². The predicted molar refractivity (Wildman–Crippen MR) is 79.2 cm³/mol. The molecule has 0 fully saturated rings. The van der Waals surface area contributed by atoms with Gasteiger partial charge in [0.15, 0.2) is 0 Å². The van der Waals surface area contributed by atoms with Crippen molar-refractivity contribution in [3.63, 3.8) is 0 Å². The molecular weight excluding hydrogens is 280 g/mol. The lowest BCUT2D eigenvalue weighted by atomic mass is 10.3. The van der Waals surface area contributed by atoms with E-state index in [1.807, 2.05) is 19.1 Å². The molecule has 2 unspecified atom stereocenters. The number of para-hydroxylation sites is 1. The summed E-state index contributed by atoms with van der Waals surface area (Å²) >= 11 is 5.98. The lowest BCUT2D eigenvalue weighted by molar-refractivity contribution is 0.182. The molecule has 112 valence electrons. The fraction of sp³-hybridized carbons (Fsp3) is 0.500. The number of hydrogen-bond donors (Lipinski definition) is 3. The number of amides is 2. The van der Waals surface area contributed by atoms with Gasteiger partial charge in [-0.05, 0) is 32.4 Å². The number of nitrogens with one attached hydrogen (secondary N) is 2. The van der Waals surface area contributed by atoms with Crippen LogP contribution in [0, 0.1) is 0 Å². The van der Waals surface area contributed by atoms with Crippen LogP contribution in [-0.2, 0) is 0 Å². The standard InChI is InChI=1S/C14H21ClN2O3/c1-10(18)7-8-16-14(19)17-9-11(2)20-13-6-4-3-5-12(13)15/h3-6,10-11,18H,7-9H2,1-2H3,(H2,16,17,19). The Morgan fingerprint density at radius 1 is 1.35 bits per heavy atom. The third-order valence-electron chi connectivity index (χ3n) is 2.56. The Morgan fingerprint density at radius 3 is 2.70 bits per heavy atom. The van der Waals surface area contributed by atoms with Crippen molar-refractivity contribution in [3.8, 4) is 5.75 Å². The topological polar surface area (TPSA) is 70.6 Å². The second-order valence-electron chi connectivity index (χ2n) is 4.63. The van der Waals surface area contributed by atoms with E-state index in [2.05, 4.69) is 10.6 Å². The van der Waals surface area contributed by atoms with Gasteiger partial charge in [-0.1, -0.05) is 23.7 Å². The number of rotatable bonds is 7. The van der Waals surface area contributed by atoms with Crippen LogP contribution < -0.4 is 15.4 Å². The minimum atomic E-state index is -0.419. The molecule has 5 nitrogen and oxygen atoms in total. The number of halogens is 1. The summed E-state index contributed by atoms with van der Waals surface area (Å²) in [6.07, 6.45) is -0.0887. The van der Waals surface area contributed by atoms with E-state index >= 15 is 0 Å². The first-order chi connectivity index (χ1) is 9.49. The van der Waals surface area contributed by atoms with Gasteiger partial charge in [-0.2, -0.15) is 0 Å². The molecule has 0 bridgehead atoms. The summed E-state index contributed by atoms with van der Waals surface area (Å²) in [5, 5.41) is 15.0. The first kappa shape index (κ1) is 16.6. The SMILES string of the molecule is CC(O)CCNC(=O)NCC(C)Oc1ccccc1Cl. The maximum Gasteiger partial charge on any atom is 0.314 e. The molecule has 20 heavy (non-hydrogen) atoms. The molecule has 2 atom stereocenters. The van der Waals surface area contributed by atoms with Crippen LogP contribution in [0.15, 0.2) is 24.3 Å². The van der Waals surface area contributed by atoms with E-state index in [-0.39, 0.29) is 12.1 Å². The molecule has 0 aliphatic rings. The molecule has 0 spiro atoms. The second-order valence-corrected chi connectivity index (χ2v) is 5.04. The maximum absolute atomic E-state index is 11.5. The summed E-state index contributed by atoms with van der Waals surface area (Å²) in [7, 11) is 0. The molecule has 0 aromatic heterocycles. The Labute approximate surface area is 124 Å². The van der Waals surface area contributed by atoms with Gasteiger partial charge in [-0.25, -0.2) is 4.79 Å². The highest BCUT2D eigenvalue weighted by Gasteiger charge is 2.08. The summed E-state index contributed by atoms with van der Waals surface area (Å²) in [5.74, 6) is 0.595. The van der Waals surface area contributed by atoms with Gasteiger partial charge in [0.05, 0.1) is 17.7 Å². The van der Waals surface area contributed by atoms with E-state index in [1.165, 1.54) is 0 Å². The van der Waals surface area contributed by atoms with Crippen molar-refractivity contribution in [3.05, 3.63) is 29.3 Å². The molecule has 1 aromatic rings. The first-order valence-corrected chi connectivity index (χ1v) is 6.97. The third kappa shape index (κ3) is 6.63. The molecule has 1 rings (SSSR count). The zero-order valence-corrected chi connectivity index (χ0v) is 12.5. The number of carbonyl (C=O) groups excluding carboxylic acids is 1. The minimum Gasteiger partial charge on any atom is -0.487 e. The molecule has 2 amide bonds. The Bertz CT molecular complexity index is 427. The number of ether oxygens (including phenoxy) is 1. The number of urea groups is 1. The predicted octanol–water partition coefficient (Wildman–Crippen LogP) is 2.18.